The maximum absolute atomic E-state index is 12.3. The highest BCUT2D eigenvalue weighted by atomic mass is 16.1. The third kappa shape index (κ3) is 3.73. The first-order valence-corrected chi connectivity index (χ1v) is 7.39. The first-order chi connectivity index (χ1) is 9.58. The number of nitrogens with zero attached hydrogens (tertiary/aromatic N) is 1. The number of benzene rings is 1. The Hall–Kier alpha value is -1.55. The molecule has 0 saturated carbocycles. The van der Waals surface area contributed by atoms with Gasteiger partial charge in [-0.25, -0.2) is 0 Å². The number of carbonyl (C=O) groups is 1. The molecule has 2 unspecified atom stereocenters. The zero-order chi connectivity index (χ0) is 14.5. The van der Waals surface area contributed by atoms with Gasteiger partial charge in [-0.05, 0) is 44.5 Å². The van der Waals surface area contributed by atoms with E-state index in [1.807, 2.05) is 43.3 Å². The van der Waals surface area contributed by atoms with Crippen LogP contribution in [0.15, 0.2) is 24.3 Å². The lowest BCUT2D eigenvalue weighted by atomic mass is 9.99. The van der Waals surface area contributed by atoms with Crippen LogP contribution in [0, 0.1) is 0 Å². The Kier molecular flexibility index (Phi) is 5.01. The minimum Gasteiger partial charge on any atom is -0.378 e. The third-order valence-corrected chi connectivity index (χ3v) is 3.94. The largest absolute Gasteiger partial charge is 0.378 e. The summed E-state index contributed by atoms with van der Waals surface area (Å²) in [4.78, 5) is 14.3. The average Bonchev–Trinajstić information content (AvgIpc) is 2.48. The number of piperidine rings is 1. The molecule has 1 fully saturated rings. The van der Waals surface area contributed by atoms with Crippen LogP contribution in [-0.2, 0) is 0 Å². The second-order valence-electron chi connectivity index (χ2n) is 5.76. The van der Waals surface area contributed by atoms with E-state index in [0.29, 0.717) is 6.04 Å². The average molecular weight is 275 g/mol. The van der Waals surface area contributed by atoms with Gasteiger partial charge in [-0.2, -0.15) is 0 Å². The summed E-state index contributed by atoms with van der Waals surface area (Å²) >= 11 is 0. The van der Waals surface area contributed by atoms with Crippen LogP contribution in [0.5, 0.6) is 0 Å². The first-order valence-electron chi connectivity index (χ1n) is 7.39. The van der Waals surface area contributed by atoms with Crippen LogP contribution in [-0.4, -0.2) is 38.6 Å². The van der Waals surface area contributed by atoms with Crippen molar-refractivity contribution in [1.82, 2.24) is 10.6 Å². The van der Waals surface area contributed by atoms with E-state index in [1.165, 1.54) is 12.8 Å². The number of nitrogens with one attached hydrogen (secondary N) is 2. The van der Waals surface area contributed by atoms with E-state index in [0.717, 1.165) is 24.2 Å². The molecule has 2 N–H and O–H groups in total. The van der Waals surface area contributed by atoms with Crippen molar-refractivity contribution in [1.29, 1.82) is 0 Å². The number of hydrogen-bond donors (Lipinski definition) is 2. The van der Waals surface area contributed by atoms with Crippen LogP contribution in [0.1, 0.15) is 36.5 Å². The Morgan fingerprint density at radius 3 is 2.85 bits per heavy atom. The van der Waals surface area contributed by atoms with E-state index in [2.05, 4.69) is 17.6 Å². The molecule has 2 rings (SSSR count). The topological polar surface area (TPSA) is 44.4 Å². The molecule has 20 heavy (non-hydrogen) atoms. The Morgan fingerprint density at radius 2 is 2.20 bits per heavy atom. The SMILES string of the molecule is CC(NC(=O)c1cccc(N(C)C)c1)C1CCCCN1. The van der Waals surface area contributed by atoms with Crippen molar-refractivity contribution in [3.8, 4) is 0 Å². The summed E-state index contributed by atoms with van der Waals surface area (Å²) in [7, 11) is 3.96. The number of hydrogen-bond acceptors (Lipinski definition) is 3. The molecule has 1 aliphatic heterocycles. The van der Waals surface area contributed by atoms with Crippen LogP contribution in [0.2, 0.25) is 0 Å². The summed E-state index contributed by atoms with van der Waals surface area (Å²) in [5.41, 5.74) is 1.76. The molecule has 0 aliphatic carbocycles. The Bertz CT molecular complexity index is 453. The molecular weight excluding hydrogens is 250 g/mol. The van der Waals surface area contributed by atoms with Gasteiger partial charge in [-0.15, -0.1) is 0 Å². The molecule has 1 aromatic rings. The number of amides is 1. The predicted molar refractivity (Wildman–Crippen MR) is 83.3 cm³/mol. The van der Waals surface area contributed by atoms with Gasteiger partial charge < -0.3 is 15.5 Å². The normalized spacial score (nSPS) is 20.2. The van der Waals surface area contributed by atoms with E-state index < -0.39 is 0 Å². The second kappa shape index (κ2) is 6.75. The fraction of sp³-hybridized carbons (Fsp3) is 0.562. The molecule has 0 radical (unpaired) electrons. The summed E-state index contributed by atoms with van der Waals surface area (Å²) in [5, 5.41) is 6.59. The van der Waals surface area contributed by atoms with Crippen LogP contribution in [0.4, 0.5) is 5.69 Å². The zero-order valence-electron chi connectivity index (χ0n) is 12.6. The van der Waals surface area contributed by atoms with Crippen LogP contribution < -0.4 is 15.5 Å². The lowest BCUT2D eigenvalue weighted by Crippen LogP contribution is -2.50. The highest BCUT2D eigenvalue weighted by Gasteiger charge is 2.21. The van der Waals surface area contributed by atoms with E-state index >= 15 is 0 Å². The first kappa shape index (κ1) is 14.9. The van der Waals surface area contributed by atoms with Gasteiger partial charge >= 0.3 is 0 Å². The summed E-state index contributed by atoms with van der Waals surface area (Å²) < 4.78 is 0. The Balaban J connectivity index is 1.98. The minimum absolute atomic E-state index is 0.00794. The molecule has 1 saturated heterocycles. The molecule has 0 bridgehead atoms. The summed E-state index contributed by atoms with van der Waals surface area (Å²) in [6.07, 6.45) is 3.62. The van der Waals surface area contributed by atoms with E-state index in [-0.39, 0.29) is 11.9 Å². The lowest BCUT2D eigenvalue weighted by molar-refractivity contribution is 0.0928. The van der Waals surface area contributed by atoms with Crippen molar-refractivity contribution in [3.63, 3.8) is 0 Å². The van der Waals surface area contributed by atoms with E-state index in [1.54, 1.807) is 0 Å². The number of carbonyl (C=O) groups excluding carboxylic acids is 1. The number of anilines is 1. The molecule has 1 aliphatic rings. The van der Waals surface area contributed by atoms with Gasteiger partial charge in [0.25, 0.3) is 5.91 Å². The highest BCUT2D eigenvalue weighted by Crippen LogP contribution is 2.14. The predicted octanol–water partition coefficient (Wildman–Crippen LogP) is 2.01. The summed E-state index contributed by atoms with van der Waals surface area (Å²) in [6.45, 7) is 3.14. The van der Waals surface area contributed by atoms with Gasteiger partial charge in [0.15, 0.2) is 0 Å². The Morgan fingerprint density at radius 1 is 1.40 bits per heavy atom. The van der Waals surface area contributed by atoms with Gasteiger partial charge in [-0.3, -0.25) is 4.79 Å². The molecule has 4 heteroatoms. The molecule has 2 atom stereocenters. The van der Waals surface area contributed by atoms with Gasteiger partial charge in [0.05, 0.1) is 0 Å². The molecule has 110 valence electrons. The monoisotopic (exact) mass is 275 g/mol. The summed E-state index contributed by atoms with van der Waals surface area (Å²) in [6, 6.07) is 8.27. The van der Waals surface area contributed by atoms with Crippen molar-refractivity contribution in [3.05, 3.63) is 29.8 Å². The molecule has 0 aromatic heterocycles. The van der Waals surface area contributed by atoms with Gasteiger partial charge in [0, 0.05) is 37.4 Å². The van der Waals surface area contributed by atoms with E-state index in [4.69, 9.17) is 0 Å². The highest BCUT2D eigenvalue weighted by molar-refractivity contribution is 5.95. The number of rotatable bonds is 4. The zero-order valence-corrected chi connectivity index (χ0v) is 12.6. The third-order valence-electron chi connectivity index (χ3n) is 3.94. The smallest absolute Gasteiger partial charge is 0.251 e. The van der Waals surface area contributed by atoms with E-state index in [9.17, 15) is 4.79 Å². The van der Waals surface area contributed by atoms with Crippen LogP contribution in [0.25, 0.3) is 0 Å². The van der Waals surface area contributed by atoms with Crippen molar-refractivity contribution in [2.75, 3.05) is 25.5 Å². The van der Waals surface area contributed by atoms with Crippen molar-refractivity contribution in [2.45, 2.75) is 38.3 Å². The molecule has 1 heterocycles. The van der Waals surface area contributed by atoms with Gasteiger partial charge in [-0.1, -0.05) is 12.5 Å². The summed E-state index contributed by atoms with van der Waals surface area (Å²) in [5.74, 6) is 0.00794. The maximum Gasteiger partial charge on any atom is 0.251 e. The minimum atomic E-state index is 0.00794. The Labute approximate surface area is 121 Å². The fourth-order valence-corrected chi connectivity index (χ4v) is 2.62. The van der Waals surface area contributed by atoms with Gasteiger partial charge in [0.2, 0.25) is 0 Å². The molecule has 1 amide bonds. The standard InChI is InChI=1S/C16H25N3O/c1-12(15-9-4-5-10-17-15)18-16(20)13-7-6-8-14(11-13)19(2)3/h6-8,11-12,15,17H,4-5,9-10H2,1-3H3,(H,18,20). The van der Waals surface area contributed by atoms with Crippen LogP contribution >= 0.6 is 0 Å². The lowest BCUT2D eigenvalue weighted by Gasteiger charge is -2.29. The molecular formula is C16H25N3O. The van der Waals surface area contributed by atoms with Crippen LogP contribution in [0.3, 0.4) is 0 Å². The fourth-order valence-electron chi connectivity index (χ4n) is 2.62. The quantitative estimate of drug-likeness (QED) is 0.883. The molecule has 1 aromatic carbocycles. The molecule has 4 nitrogen and oxygen atoms in total. The van der Waals surface area contributed by atoms with Gasteiger partial charge in [0.1, 0.15) is 0 Å². The second-order valence-corrected chi connectivity index (χ2v) is 5.76. The maximum atomic E-state index is 12.3. The molecule has 0 spiro atoms. The van der Waals surface area contributed by atoms with Crippen molar-refractivity contribution >= 4 is 11.6 Å². The van der Waals surface area contributed by atoms with Crippen molar-refractivity contribution < 1.29 is 4.79 Å². The van der Waals surface area contributed by atoms with Crippen molar-refractivity contribution in [2.24, 2.45) is 0 Å².